The van der Waals surface area contributed by atoms with E-state index >= 15 is 0 Å². The normalized spacial score (nSPS) is 13.6. The van der Waals surface area contributed by atoms with Crippen LogP contribution in [0.3, 0.4) is 0 Å². The van der Waals surface area contributed by atoms with Crippen molar-refractivity contribution in [3.63, 3.8) is 0 Å². The molecule has 0 aliphatic heterocycles. The van der Waals surface area contributed by atoms with Crippen LogP contribution in [0, 0.1) is 18.3 Å². The second kappa shape index (κ2) is 8.58. The fraction of sp³-hybridized carbons (Fsp3) is 0.500. The first-order valence-corrected chi connectivity index (χ1v) is 6.65. The highest BCUT2D eigenvalue weighted by Crippen LogP contribution is 2.12. The van der Waals surface area contributed by atoms with Crippen molar-refractivity contribution in [2.24, 2.45) is 5.92 Å². The van der Waals surface area contributed by atoms with Gasteiger partial charge in [-0.1, -0.05) is 25.0 Å². The quantitative estimate of drug-likeness (QED) is 0.705. The molecule has 2 atom stereocenters. The summed E-state index contributed by atoms with van der Waals surface area (Å²) in [5, 5.41) is 12.7. The minimum atomic E-state index is -0.232. The molecule has 1 rings (SSSR count). The van der Waals surface area contributed by atoms with Crippen LogP contribution in [0.15, 0.2) is 24.3 Å². The van der Waals surface area contributed by atoms with Crippen molar-refractivity contribution in [3.8, 4) is 18.1 Å². The van der Waals surface area contributed by atoms with Crippen LogP contribution in [0.25, 0.3) is 0 Å². The average Bonchev–Trinajstić information content (AvgIpc) is 2.37. The maximum absolute atomic E-state index is 9.28. The Hall–Kier alpha value is -1.50. The van der Waals surface area contributed by atoms with Gasteiger partial charge in [-0.15, -0.1) is 6.42 Å². The molecule has 0 aliphatic carbocycles. The van der Waals surface area contributed by atoms with Gasteiger partial charge in [0, 0.05) is 6.54 Å². The molecule has 3 heteroatoms. The maximum atomic E-state index is 9.28. The zero-order valence-corrected chi connectivity index (χ0v) is 11.7. The van der Waals surface area contributed by atoms with Crippen molar-refractivity contribution in [2.45, 2.75) is 32.9 Å². The summed E-state index contributed by atoms with van der Waals surface area (Å²) >= 11 is 0. The van der Waals surface area contributed by atoms with Crippen LogP contribution < -0.4 is 10.1 Å². The van der Waals surface area contributed by atoms with Gasteiger partial charge < -0.3 is 15.2 Å². The van der Waals surface area contributed by atoms with Gasteiger partial charge in [-0.25, -0.2) is 0 Å². The monoisotopic (exact) mass is 261 g/mol. The van der Waals surface area contributed by atoms with Gasteiger partial charge in [0.05, 0.1) is 6.10 Å². The number of hydrogen-bond donors (Lipinski definition) is 2. The third-order valence-electron chi connectivity index (χ3n) is 2.81. The van der Waals surface area contributed by atoms with Crippen LogP contribution in [-0.4, -0.2) is 24.4 Å². The number of hydrogen-bond acceptors (Lipinski definition) is 3. The second-order valence-corrected chi connectivity index (χ2v) is 4.96. The van der Waals surface area contributed by atoms with E-state index in [2.05, 4.69) is 18.2 Å². The van der Waals surface area contributed by atoms with Crippen molar-refractivity contribution in [2.75, 3.05) is 13.2 Å². The van der Waals surface area contributed by atoms with Crippen LogP contribution in [0.1, 0.15) is 25.8 Å². The van der Waals surface area contributed by atoms with Crippen molar-refractivity contribution in [1.82, 2.24) is 5.32 Å². The molecule has 0 aromatic heterocycles. The van der Waals surface area contributed by atoms with Gasteiger partial charge in [-0.05, 0) is 43.5 Å². The first-order chi connectivity index (χ1) is 9.11. The molecule has 0 fully saturated rings. The van der Waals surface area contributed by atoms with E-state index in [0.717, 1.165) is 25.3 Å². The SMILES string of the molecule is C#CCOc1ccc(CNCC(C)CC(C)O)cc1. The Balaban J connectivity index is 2.28. The molecule has 1 aromatic rings. The van der Waals surface area contributed by atoms with Gasteiger partial charge in [0.1, 0.15) is 12.4 Å². The summed E-state index contributed by atoms with van der Waals surface area (Å²) in [6.07, 6.45) is 5.73. The summed E-state index contributed by atoms with van der Waals surface area (Å²) in [4.78, 5) is 0. The third kappa shape index (κ3) is 6.85. The Morgan fingerprint density at radius 3 is 2.58 bits per heavy atom. The summed E-state index contributed by atoms with van der Waals surface area (Å²) in [5.74, 6) is 3.70. The summed E-state index contributed by atoms with van der Waals surface area (Å²) in [5.41, 5.74) is 1.21. The van der Waals surface area contributed by atoms with Crippen LogP contribution in [-0.2, 0) is 6.54 Å². The number of terminal acetylenes is 1. The molecule has 0 aliphatic rings. The van der Waals surface area contributed by atoms with Crippen LogP contribution in [0.4, 0.5) is 0 Å². The number of rotatable bonds is 8. The lowest BCUT2D eigenvalue weighted by Crippen LogP contribution is -2.23. The highest BCUT2D eigenvalue weighted by molar-refractivity contribution is 5.27. The molecule has 0 radical (unpaired) electrons. The zero-order chi connectivity index (χ0) is 14.1. The average molecular weight is 261 g/mol. The molecule has 0 saturated carbocycles. The summed E-state index contributed by atoms with van der Waals surface area (Å²) < 4.78 is 5.31. The summed E-state index contributed by atoms with van der Waals surface area (Å²) in [6, 6.07) is 7.90. The molecule has 1 aromatic carbocycles. The van der Waals surface area contributed by atoms with E-state index in [-0.39, 0.29) is 6.10 Å². The Morgan fingerprint density at radius 1 is 1.32 bits per heavy atom. The van der Waals surface area contributed by atoms with E-state index in [1.165, 1.54) is 5.56 Å². The van der Waals surface area contributed by atoms with Gasteiger partial charge in [0.2, 0.25) is 0 Å². The molecule has 19 heavy (non-hydrogen) atoms. The standard InChI is InChI=1S/C16H23NO2/c1-4-9-19-16-7-5-15(6-8-16)12-17-11-13(2)10-14(3)18/h1,5-8,13-14,17-18H,9-12H2,2-3H3. The topological polar surface area (TPSA) is 41.5 Å². The van der Waals surface area contributed by atoms with Gasteiger partial charge in [-0.2, -0.15) is 0 Å². The van der Waals surface area contributed by atoms with Crippen molar-refractivity contribution in [3.05, 3.63) is 29.8 Å². The molecule has 2 unspecified atom stereocenters. The molecular formula is C16H23NO2. The smallest absolute Gasteiger partial charge is 0.148 e. The fourth-order valence-electron chi connectivity index (χ4n) is 1.96. The first kappa shape index (κ1) is 15.6. The highest BCUT2D eigenvalue weighted by Gasteiger charge is 2.05. The lowest BCUT2D eigenvalue weighted by molar-refractivity contribution is 0.163. The number of ether oxygens (including phenoxy) is 1. The lowest BCUT2D eigenvalue weighted by atomic mass is 10.0. The molecule has 0 amide bonds. The second-order valence-electron chi connectivity index (χ2n) is 4.96. The van der Waals surface area contributed by atoms with Gasteiger partial charge in [0.25, 0.3) is 0 Å². The third-order valence-corrected chi connectivity index (χ3v) is 2.81. The number of benzene rings is 1. The fourth-order valence-corrected chi connectivity index (χ4v) is 1.96. The summed E-state index contributed by atoms with van der Waals surface area (Å²) in [6.45, 7) is 5.98. The van der Waals surface area contributed by atoms with Gasteiger partial charge in [-0.3, -0.25) is 0 Å². The molecule has 104 valence electrons. The Morgan fingerprint density at radius 2 is 2.00 bits per heavy atom. The largest absolute Gasteiger partial charge is 0.481 e. The molecule has 0 heterocycles. The Bertz CT molecular complexity index is 392. The van der Waals surface area contributed by atoms with E-state index < -0.39 is 0 Å². The molecule has 0 bridgehead atoms. The van der Waals surface area contributed by atoms with Crippen LogP contribution in [0.2, 0.25) is 0 Å². The number of nitrogens with one attached hydrogen (secondary N) is 1. The Labute approximate surface area is 116 Å². The van der Waals surface area contributed by atoms with Gasteiger partial charge >= 0.3 is 0 Å². The lowest BCUT2D eigenvalue weighted by Gasteiger charge is -2.14. The van der Waals surface area contributed by atoms with E-state index in [1.807, 2.05) is 31.2 Å². The molecule has 0 saturated heterocycles. The van der Waals surface area contributed by atoms with E-state index in [4.69, 9.17) is 11.2 Å². The number of aliphatic hydroxyl groups excluding tert-OH is 1. The maximum Gasteiger partial charge on any atom is 0.148 e. The van der Waals surface area contributed by atoms with Gasteiger partial charge in [0.15, 0.2) is 0 Å². The molecule has 0 spiro atoms. The minimum absolute atomic E-state index is 0.232. The molecule has 2 N–H and O–H groups in total. The Kier molecular flexibility index (Phi) is 7.02. The van der Waals surface area contributed by atoms with Crippen LogP contribution in [0.5, 0.6) is 5.75 Å². The van der Waals surface area contributed by atoms with Crippen molar-refractivity contribution in [1.29, 1.82) is 0 Å². The predicted molar refractivity (Wildman–Crippen MR) is 77.9 cm³/mol. The van der Waals surface area contributed by atoms with E-state index in [9.17, 15) is 5.11 Å². The predicted octanol–water partition coefficient (Wildman–Crippen LogP) is 2.20. The highest BCUT2D eigenvalue weighted by atomic mass is 16.5. The number of aliphatic hydroxyl groups is 1. The van der Waals surface area contributed by atoms with Crippen molar-refractivity contribution < 1.29 is 9.84 Å². The van der Waals surface area contributed by atoms with E-state index in [0.29, 0.717) is 12.5 Å². The first-order valence-electron chi connectivity index (χ1n) is 6.65. The minimum Gasteiger partial charge on any atom is -0.481 e. The van der Waals surface area contributed by atoms with Crippen molar-refractivity contribution >= 4 is 0 Å². The van der Waals surface area contributed by atoms with E-state index in [1.54, 1.807) is 0 Å². The molecular weight excluding hydrogens is 238 g/mol. The molecule has 3 nitrogen and oxygen atoms in total. The zero-order valence-electron chi connectivity index (χ0n) is 11.7. The summed E-state index contributed by atoms with van der Waals surface area (Å²) in [7, 11) is 0. The van der Waals surface area contributed by atoms with Crippen LogP contribution >= 0.6 is 0 Å².